The summed E-state index contributed by atoms with van der Waals surface area (Å²) in [6.07, 6.45) is 1.12. The Kier molecular flexibility index (Phi) is 3.19. The van der Waals surface area contributed by atoms with Crippen molar-refractivity contribution in [2.75, 3.05) is 0 Å². The molecule has 0 radical (unpaired) electrons. The fraction of sp³-hybridized carbons (Fsp3) is 0.154. The molecule has 1 N–H and O–H groups in total. The Bertz CT molecular complexity index is 778. The number of aryl methyl sites for hydroxylation is 1. The van der Waals surface area contributed by atoms with E-state index in [0.717, 1.165) is 22.9 Å². The largest absolute Gasteiger partial charge is 0.476 e. The zero-order valence-corrected chi connectivity index (χ0v) is 11.3. The van der Waals surface area contributed by atoms with E-state index >= 15 is 0 Å². The summed E-state index contributed by atoms with van der Waals surface area (Å²) < 4.78 is 10.7. The van der Waals surface area contributed by atoms with Gasteiger partial charge in [0.1, 0.15) is 11.8 Å². The minimum atomic E-state index is -1.11. The Balaban J connectivity index is 1.76. The molecule has 1 aromatic carbocycles. The highest BCUT2D eigenvalue weighted by Crippen LogP contribution is 2.27. The van der Waals surface area contributed by atoms with Gasteiger partial charge in [-0.3, -0.25) is 0 Å². The number of hydrogen-bond acceptors (Lipinski definition) is 6. The van der Waals surface area contributed by atoms with Gasteiger partial charge in [0.2, 0.25) is 5.89 Å². The van der Waals surface area contributed by atoms with Crippen molar-refractivity contribution in [3.63, 3.8) is 0 Å². The van der Waals surface area contributed by atoms with E-state index in [1.54, 1.807) is 0 Å². The molecule has 6 nitrogen and oxygen atoms in total. The molecule has 0 atom stereocenters. The lowest BCUT2D eigenvalue weighted by molar-refractivity contribution is 0.0690. The predicted octanol–water partition coefficient (Wildman–Crippen LogP) is 3.11. The van der Waals surface area contributed by atoms with Crippen LogP contribution in [0.4, 0.5) is 0 Å². The number of carbonyl (C=O) groups is 1. The van der Waals surface area contributed by atoms with Gasteiger partial charge >= 0.3 is 5.97 Å². The lowest BCUT2D eigenvalue weighted by Crippen LogP contribution is -1.96. The summed E-state index contributed by atoms with van der Waals surface area (Å²) in [5.74, 6) is -0.423. The maximum absolute atomic E-state index is 10.7. The van der Waals surface area contributed by atoms with Gasteiger partial charge in [-0.25, -0.2) is 14.8 Å². The van der Waals surface area contributed by atoms with Crippen molar-refractivity contribution in [2.24, 2.45) is 0 Å². The van der Waals surface area contributed by atoms with Gasteiger partial charge in [0.25, 0.3) is 5.22 Å². The zero-order valence-electron chi connectivity index (χ0n) is 10.5. The fourth-order valence-electron chi connectivity index (χ4n) is 1.73. The molecule has 0 aliphatic carbocycles. The van der Waals surface area contributed by atoms with Crippen LogP contribution in [-0.4, -0.2) is 21.0 Å². The molecule has 0 amide bonds. The van der Waals surface area contributed by atoms with Gasteiger partial charge in [0, 0.05) is 0 Å². The number of para-hydroxylation sites is 1. The third-order valence-electron chi connectivity index (χ3n) is 2.69. The highest BCUT2D eigenvalue weighted by molar-refractivity contribution is 7.98. The second-order valence-corrected chi connectivity index (χ2v) is 5.05. The predicted molar refractivity (Wildman–Crippen MR) is 71.8 cm³/mol. The molecule has 0 unspecified atom stereocenters. The number of aromatic nitrogens is 2. The minimum Gasteiger partial charge on any atom is -0.476 e. The van der Waals surface area contributed by atoms with Crippen LogP contribution in [0.1, 0.15) is 21.9 Å². The van der Waals surface area contributed by atoms with Gasteiger partial charge in [-0.15, -0.1) is 0 Å². The zero-order chi connectivity index (χ0) is 14.1. The standard InChI is InChI=1S/C13H10N2O4S/c1-7-3-2-4-9-11(7)15-13(19-9)20-6-10-14-8(5-18-10)12(16)17/h2-5H,6H2,1H3,(H,16,17). The smallest absolute Gasteiger partial charge is 0.357 e. The van der Waals surface area contributed by atoms with Crippen molar-refractivity contribution < 1.29 is 18.7 Å². The first kappa shape index (κ1) is 12.7. The maximum Gasteiger partial charge on any atom is 0.357 e. The molecule has 3 rings (SSSR count). The SMILES string of the molecule is Cc1cccc2oc(SCc3nc(C(=O)O)co3)nc12. The van der Waals surface area contributed by atoms with E-state index in [-0.39, 0.29) is 5.69 Å². The molecule has 20 heavy (non-hydrogen) atoms. The first-order valence-electron chi connectivity index (χ1n) is 5.80. The second-order valence-electron chi connectivity index (χ2n) is 4.12. The van der Waals surface area contributed by atoms with Gasteiger partial charge in [0.05, 0.1) is 5.75 Å². The number of aromatic carboxylic acids is 1. The molecule has 2 aromatic heterocycles. The molecule has 0 saturated heterocycles. The van der Waals surface area contributed by atoms with E-state index < -0.39 is 5.97 Å². The van der Waals surface area contributed by atoms with E-state index in [0.29, 0.717) is 16.9 Å². The average molecular weight is 290 g/mol. The van der Waals surface area contributed by atoms with Crippen LogP contribution in [0.5, 0.6) is 0 Å². The van der Waals surface area contributed by atoms with Crippen LogP contribution < -0.4 is 0 Å². The van der Waals surface area contributed by atoms with Crippen molar-refractivity contribution in [1.29, 1.82) is 0 Å². The molecule has 102 valence electrons. The van der Waals surface area contributed by atoms with E-state index in [1.807, 2.05) is 25.1 Å². The summed E-state index contributed by atoms with van der Waals surface area (Å²) in [5, 5.41) is 9.25. The third kappa shape index (κ3) is 2.39. The van der Waals surface area contributed by atoms with Crippen molar-refractivity contribution in [3.8, 4) is 0 Å². The van der Waals surface area contributed by atoms with E-state index in [1.165, 1.54) is 11.8 Å². The average Bonchev–Trinajstić information content (AvgIpc) is 3.03. The summed E-state index contributed by atoms with van der Waals surface area (Å²) in [7, 11) is 0. The number of oxazole rings is 2. The van der Waals surface area contributed by atoms with Crippen molar-refractivity contribution >= 4 is 28.8 Å². The molecule has 0 fully saturated rings. The minimum absolute atomic E-state index is 0.103. The number of rotatable bonds is 4. The Morgan fingerprint density at radius 2 is 2.25 bits per heavy atom. The molecule has 0 spiro atoms. The Morgan fingerprint density at radius 3 is 2.95 bits per heavy atom. The summed E-state index contributed by atoms with van der Waals surface area (Å²) in [6.45, 7) is 1.96. The van der Waals surface area contributed by atoms with Crippen LogP contribution in [-0.2, 0) is 5.75 Å². The number of fused-ring (bicyclic) bond motifs is 1. The second kappa shape index (κ2) is 5.01. The van der Waals surface area contributed by atoms with Crippen molar-refractivity contribution in [2.45, 2.75) is 17.9 Å². The molecule has 2 heterocycles. The molecule has 0 aliphatic rings. The Morgan fingerprint density at radius 1 is 1.40 bits per heavy atom. The van der Waals surface area contributed by atoms with Gasteiger partial charge in [0.15, 0.2) is 11.3 Å². The normalized spacial score (nSPS) is 11.1. The van der Waals surface area contributed by atoms with Crippen molar-refractivity contribution in [1.82, 2.24) is 9.97 Å². The lowest BCUT2D eigenvalue weighted by Gasteiger charge is -1.90. The topological polar surface area (TPSA) is 89.4 Å². The number of hydrogen-bond donors (Lipinski definition) is 1. The van der Waals surface area contributed by atoms with Crippen LogP contribution in [0, 0.1) is 6.92 Å². The quantitative estimate of drug-likeness (QED) is 0.738. The summed E-state index contributed by atoms with van der Waals surface area (Å²) in [5.41, 5.74) is 2.50. The molecule has 7 heteroatoms. The van der Waals surface area contributed by atoms with E-state index in [9.17, 15) is 4.79 Å². The van der Waals surface area contributed by atoms with Gasteiger partial charge in [-0.05, 0) is 18.6 Å². The van der Waals surface area contributed by atoms with Crippen LogP contribution in [0.3, 0.4) is 0 Å². The van der Waals surface area contributed by atoms with Crippen LogP contribution in [0.25, 0.3) is 11.1 Å². The maximum atomic E-state index is 10.7. The highest BCUT2D eigenvalue weighted by atomic mass is 32.2. The summed E-state index contributed by atoms with van der Waals surface area (Å²) in [6, 6.07) is 5.73. The first-order chi connectivity index (χ1) is 9.63. The molecule has 3 aromatic rings. The number of carboxylic acids is 1. The molecular weight excluding hydrogens is 280 g/mol. The lowest BCUT2D eigenvalue weighted by atomic mass is 10.2. The number of thioether (sulfide) groups is 1. The number of benzene rings is 1. The van der Waals surface area contributed by atoms with Crippen LogP contribution in [0.2, 0.25) is 0 Å². The van der Waals surface area contributed by atoms with Crippen LogP contribution >= 0.6 is 11.8 Å². The Labute approximate surface area is 117 Å². The Hall–Kier alpha value is -2.28. The third-order valence-corrected chi connectivity index (χ3v) is 3.50. The van der Waals surface area contributed by atoms with Gasteiger partial charge in [-0.1, -0.05) is 23.9 Å². The summed E-state index contributed by atoms with van der Waals surface area (Å²) >= 11 is 1.31. The highest BCUT2D eigenvalue weighted by Gasteiger charge is 2.13. The number of carboxylic acid groups (broad SMARTS) is 1. The molecule has 0 aliphatic heterocycles. The number of nitrogens with zero attached hydrogens (tertiary/aromatic N) is 2. The molecular formula is C13H10N2O4S. The molecule has 0 bridgehead atoms. The van der Waals surface area contributed by atoms with E-state index in [4.69, 9.17) is 13.9 Å². The van der Waals surface area contributed by atoms with Gasteiger partial charge in [-0.2, -0.15) is 0 Å². The first-order valence-corrected chi connectivity index (χ1v) is 6.78. The van der Waals surface area contributed by atoms with Crippen molar-refractivity contribution in [3.05, 3.63) is 41.6 Å². The van der Waals surface area contributed by atoms with Crippen LogP contribution in [0.15, 0.2) is 38.5 Å². The summed E-state index contributed by atoms with van der Waals surface area (Å²) in [4.78, 5) is 18.9. The molecule has 0 saturated carbocycles. The van der Waals surface area contributed by atoms with E-state index in [2.05, 4.69) is 9.97 Å². The van der Waals surface area contributed by atoms with Gasteiger partial charge < -0.3 is 13.9 Å². The fourth-order valence-corrected chi connectivity index (χ4v) is 2.41. The monoisotopic (exact) mass is 290 g/mol.